The number of rotatable bonds is 5. The Bertz CT molecular complexity index is 348. The molecule has 0 saturated carbocycles. The Balaban J connectivity index is 2.46. The molecule has 1 aromatic rings. The van der Waals surface area contributed by atoms with Crippen molar-refractivity contribution in [2.24, 2.45) is 12.5 Å². The average molecular weight is 254 g/mol. The summed E-state index contributed by atoms with van der Waals surface area (Å²) in [5.74, 6) is 2.97. The van der Waals surface area contributed by atoms with Crippen molar-refractivity contribution in [1.29, 1.82) is 0 Å². The van der Waals surface area contributed by atoms with Gasteiger partial charge in [0.25, 0.3) is 0 Å². The summed E-state index contributed by atoms with van der Waals surface area (Å²) in [4.78, 5) is 0. The molecule has 0 radical (unpaired) electrons. The van der Waals surface area contributed by atoms with Gasteiger partial charge in [0.2, 0.25) is 0 Å². The fraction of sp³-hybridized carbons (Fsp3) is 0.786. The Morgan fingerprint density at radius 3 is 2.53 bits per heavy atom. The minimum absolute atomic E-state index is 0.426. The van der Waals surface area contributed by atoms with Gasteiger partial charge in [-0.15, -0.1) is 0 Å². The van der Waals surface area contributed by atoms with Crippen molar-refractivity contribution in [3.05, 3.63) is 17.5 Å². The smallest absolute Gasteiger partial charge is 0.0667 e. The van der Waals surface area contributed by atoms with Crippen LogP contribution in [0.25, 0.3) is 0 Å². The van der Waals surface area contributed by atoms with Crippen molar-refractivity contribution in [1.82, 2.24) is 9.78 Å². The molecule has 1 rings (SSSR count). The number of thioether (sulfide) groups is 1. The topological polar surface area (TPSA) is 17.8 Å². The molecule has 0 bridgehead atoms. The van der Waals surface area contributed by atoms with Gasteiger partial charge in [-0.2, -0.15) is 16.9 Å². The highest BCUT2D eigenvalue weighted by Crippen LogP contribution is 2.23. The lowest BCUT2D eigenvalue weighted by atomic mass is 10.0. The molecule has 3 heteroatoms. The number of hydrogen-bond donors (Lipinski definition) is 0. The van der Waals surface area contributed by atoms with E-state index in [1.54, 1.807) is 0 Å². The van der Waals surface area contributed by atoms with E-state index < -0.39 is 0 Å². The molecule has 1 aromatic heterocycles. The Morgan fingerprint density at radius 1 is 1.35 bits per heavy atom. The Hall–Kier alpha value is -0.440. The third-order valence-electron chi connectivity index (χ3n) is 2.58. The summed E-state index contributed by atoms with van der Waals surface area (Å²) >= 11 is 2.04. The summed E-state index contributed by atoms with van der Waals surface area (Å²) in [6.45, 7) is 11.4. The predicted molar refractivity (Wildman–Crippen MR) is 77.8 cm³/mol. The van der Waals surface area contributed by atoms with Gasteiger partial charge in [0, 0.05) is 19.7 Å². The van der Waals surface area contributed by atoms with E-state index in [1.807, 2.05) is 23.5 Å². The van der Waals surface area contributed by atoms with E-state index >= 15 is 0 Å². The molecule has 0 unspecified atom stereocenters. The maximum absolute atomic E-state index is 4.57. The van der Waals surface area contributed by atoms with Crippen LogP contribution in [-0.4, -0.2) is 21.3 Å². The van der Waals surface area contributed by atoms with Gasteiger partial charge in [-0.05, 0) is 28.4 Å². The van der Waals surface area contributed by atoms with Gasteiger partial charge >= 0.3 is 0 Å². The normalized spacial score (nSPS) is 12.4. The van der Waals surface area contributed by atoms with Gasteiger partial charge < -0.3 is 0 Å². The Labute approximate surface area is 110 Å². The van der Waals surface area contributed by atoms with Gasteiger partial charge in [-0.3, -0.25) is 4.68 Å². The van der Waals surface area contributed by atoms with Crippen LogP contribution in [0.5, 0.6) is 0 Å². The molecule has 0 aliphatic rings. The van der Waals surface area contributed by atoms with Crippen LogP contribution in [-0.2, 0) is 13.5 Å². The lowest BCUT2D eigenvalue weighted by molar-refractivity contribution is 0.480. The van der Waals surface area contributed by atoms with Gasteiger partial charge in [0.1, 0.15) is 0 Å². The zero-order chi connectivity index (χ0) is 13.1. The molecular formula is C14H26N2S. The van der Waals surface area contributed by atoms with E-state index in [9.17, 15) is 0 Å². The first-order valence-corrected chi connectivity index (χ1v) is 7.55. The third-order valence-corrected chi connectivity index (χ3v) is 4.14. The second-order valence-electron chi connectivity index (χ2n) is 6.22. The zero-order valence-electron chi connectivity index (χ0n) is 12.1. The van der Waals surface area contributed by atoms with Crippen molar-refractivity contribution in [3.63, 3.8) is 0 Å². The van der Waals surface area contributed by atoms with E-state index in [2.05, 4.69) is 45.9 Å². The molecular weight excluding hydrogens is 228 g/mol. The van der Waals surface area contributed by atoms with Crippen LogP contribution in [0.1, 0.15) is 51.8 Å². The molecule has 0 N–H and O–H groups in total. The summed E-state index contributed by atoms with van der Waals surface area (Å²) in [6, 6.07) is 0. The molecule has 0 amide bonds. The summed E-state index contributed by atoms with van der Waals surface area (Å²) in [5, 5.41) is 4.57. The van der Waals surface area contributed by atoms with Gasteiger partial charge in [0.05, 0.1) is 5.69 Å². The molecule has 0 aliphatic heterocycles. The molecule has 0 saturated heterocycles. The second-order valence-corrected chi connectivity index (χ2v) is 7.33. The Kier molecular flexibility index (Phi) is 5.11. The van der Waals surface area contributed by atoms with Gasteiger partial charge in [-0.1, -0.05) is 34.6 Å². The molecule has 0 fully saturated rings. The molecule has 98 valence electrons. The predicted octanol–water partition coefficient (Wildman–Crippen LogP) is 3.87. The zero-order valence-corrected chi connectivity index (χ0v) is 12.9. The van der Waals surface area contributed by atoms with E-state index in [0.717, 1.165) is 6.42 Å². The van der Waals surface area contributed by atoms with Crippen molar-refractivity contribution in [2.75, 3.05) is 11.5 Å². The van der Waals surface area contributed by atoms with Gasteiger partial charge in [-0.25, -0.2) is 0 Å². The standard InChI is InChI=1S/C14H26N2S/c1-11(2)12-9-16(6)15-13(12)7-8-17-10-14(3,4)5/h9,11H,7-8,10H2,1-6H3. The lowest BCUT2D eigenvalue weighted by Crippen LogP contribution is -2.09. The highest BCUT2D eigenvalue weighted by atomic mass is 32.2. The second kappa shape index (κ2) is 5.94. The Morgan fingerprint density at radius 2 is 2.00 bits per heavy atom. The van der Waals surface area contributed by atoms with Crippen molar-refractivity contribution < 1.29 is 0 Å². The van der Waals surface area contributed by atoms with Crippen LogP contribution in [0.2, 0.25) is 0 Å². The fourth-order valence-corrected chi connectivity index (χ4v) is 2.87. The van der Waals surface area contributed by atoms with Crippen LogP contribution in [0.15, 0.2) is 6.20 Å². The first-order chi connectivity index (χ1) is 7.79. The summed E-state index contributed by atoms with van der Waals surface area (Å²) in [6.07, 6.45) is 3.25. The van der Waals surface area contributed by atoms with E-state index in [1.165, 1.54) is 22.8 Å². The number of nitrogens with zero attached hydrogens (tertiary/aromatic N) is 2. The van der Waals surface area contributed by atoms with Crippen LogP contribution in [0.4, 0.5) is 0 Å². The minimum Gasteiger partial charge on any atom is -0.275 e. The number of aryl methyl sites for hydroxylation is 2. The maximum Gasteiger partial charge on any atom is 0.0667 e. The minimum atomic E-state index is 0.426. The van der Waals surface area contributed by atoms with Gasteiger partial charge in [0.15, 0.2) is 0 Å². The van der Waals surface area contributed by atoms with Crippen LogP contribution in [0, 0.1) is 5.41 Å². The summed E-state index contributed by atoms with van der Waals surface area (Å²) in [7, 11) is 2.01. The number of aromatic nitrogens is 2. The first kappa shape index (κ1) is 14.6. The molecule has 0 atom stereocenters. The van der Waals surface area contributed by atoms with Crippen LogP contribution in [0.3, 0.4) is 0 Å². The average Bonchev–Trinajstić information content (AvgIpc) is 2.53. The van der Waals surface area contributed by atoms with E-state index in [0.29, 0.717) is 11.3 Å². The molecule has 1 heterocycles. The largest absolute Gasteiger partial charge is 0.275 e. The summed E-state index contributed by atoms with van der Waals surface area (Å²) < 4.78 is 1.94. The van der Waals surface area contributed by atoms with E-state index in [-0.39, 0.29) is 0 Å². The fourth-order valence-electron chi connectivity index (χ4n) is 1.78. The SMILES string of the molecule is CC(C)c1cn(C)nc1CCSCC(C)(C)C. The highest BCUT2D eigenvalue weighted by Gasteiger charge is 2.13. The van der Waals surface area contributed by atoms with Crippen molar-refractivity contribution in [3.8, 4) is 0 Å². The van der Waals surface area contributed by atoms with Crippen molar-refractivity contribution in [2.45, 2.75) is 47.0 Å². The molecule has 0 aromatic carbocycles. The summed E-state index contributed by atoms with van der Waals surface area (Å²) in [5.41, 5.74) is 3.11. The van der Waals surface area contributed by atoms with Crippen LogP contribution < -0.4 is 0 Å². The molecule has 17 heavy (non-hydrogen) atoms. The molecule has 2 nitrogen and oxygen atoms in total. The quantitative estimate of drug-likeness (QED) is 0.742. The van der Waals surface area contributed by atoms with Crippen molar-refractivity contribution >= 4 is 11.8 Å². The van der Waals surface area contributed by atoms with E-state index in [4.69, 9.17) is 0 Å². The maximum atomic E-state index is 4.57. The highest BCUT2D eigenvalue weighted by molar-refractivity contribution is 7.99. The molecule has 0 aliphatic carbocycles. The first-order valence-electron chi connectivity index (χ1n) is 6.40. The van der Waals surface area contributed by atoms with Crippen LogP contribution >= 0.6 is 11.8 Å². The lowest BCUT2D eigenvalue weighted by Gasteiger charge is -2.17. The monoisotopic (exact) mass is 254 g/mol. The number of hydrogen-bond acceptors (Lipinski definition) is 2. The molecule has 0 spiro atoms. The third kappa shape index (κ3) is 5.15.